The van der Waals surface area contributed by atoms with Gasteiger partial charge in [-0.3, -0.25) is 19.5 Å². The SMILES string of the molecule is COc1ccc(-c2n[nH]c(CNC(=O)CCC(=O)CCC(=O)c3cccs3)n2)cc1. The van der Waals surface area contributed by atoms with Gasteiger partial charge in [0.2, 0.25) is 5.91 Å². The number of hydrogen-bond acceptors (Lipinski definition) is 7. The fourth-order valence-corrected chi connectivity index (χ4v) is 3.40. The summed E-state index contributed by atoms with van der Waals surface area (Å²) in [6.07, 6.45) is 0.507. The van der Waals surface area contributed by atoms with Crippen molar-refractivity contribution in [3.63, 3.8) is 0 Å². The molecule has 0 aliphatic carbocycles. The third kappa shape index (κ3) is 6.08. The summed E-state index contributed by atoms with van der Waals surface area (Å²) in [4.78, 5) is 40.8. The van der Waals surface area contributed by atoms with Crippen molar-refractivity contribution < 1.29 is 19.1 Å². The molecule has 0 radical (unpaired) electrons. The summed E-state index contributed by atoms with van der Waals surface area (Å²) in [6.45, 7) is 0.188. The number of carbonyl (C=O) groups excluding carboxylic acids is 3. The second kappa shape index (κ2) is 10.4. The summed E-state index contributed by atoms with van der Waals surface area (Å²) >= 11 is 1.36. The average molecular weight is 426 g/mol. The van der Waals surface area contributed by atoms with Gasteiger partial charge >= 0.3 is 0 Å². The maximum Gasteiger partial charge on any atom is 0.220 e. The lowest BCUT2D eigenvalue weighted by molar-refractivity contribution is -0.125. The van der Waals surface area contributed by atoms with Gasteiger partial charge in [0, 0.05) is 31.2 Å². The van der Waals surface area contributed by atoms with Crippen LogP contribution in [0.4, 0.5) is 0 Å². The number of aromatic amines is 1. The van der Waals surface area contributed by atoms with Crippen LogP contribution in [0.25, 0.3) is 11.4 Å². The smallest absolute Gasteiger partial charge is 0.220 e. The van der Waals surface area contributed by atoms with E-state index in [0.717, 1.165) is 11.3 Å². The number of methoxy groups -OCH3 is 1. The summed E-state index contributed by atoms with van der Waals surface area (Å²) in [7, 11) is 1.60. The zero-order chi connectivity index (χ0) is 21.3. The van der Waals surface area contributed by atoms with E-state index in [4.69, 9.17) is 4.74 Å². The van der Waals surface area contributed by atoms with Crippen LogP contribution in [0.2, 0.25) is 0 Å². The highest BCUT2D eigenvalue weighted by Gasteiger charge is 2.12. The fraction of sp³-hybridized carbons (Fsp3) is 0.286. The number of Topliss-reactive ketones (excluding diaryl/α,β-unsaturated/α-hetero) is 2. The minimum absolute atomic E-state index is 0.0409. The number of thiophene rings is 1. The van der Waals surface area contributed by atoms with Crippen LogP contribution in [0.5, 0.6) is 5.75 Å². The second-order valence-corrected chi connectivity index (χ2v) is 7.50. The third-order valence-corrected chi connectivity index (χ3v) is 5.30. The molecule has 0 saturated carbocycles. The Bertz CT molecular complexity index is 996. The van der Waals surface area contributed by atoms with E-state index in [1.165, 1.54) is 11.3 Å². The van der Waals surface area contributed by atoms with Crippen molar-refractivity contribution in [2.75, 3.05) is 7.11 Å². The van der Waals surface area contributed by atoms with Gasteiger partial charge in [-0.2, -0.15) is 5.10 Å². The Hall–Kier alpha value is -3.33. The first-order valence-corrected chi connectivity index (χ1v) is 10.3. The Morgan fingerprint density at radius 3 is 2.53 bits per heavy atom. The Morgan fingerprint density at radius 2 is 1.83 bits per heavy atom. The van der Waals surface area contributed by atoms with Crippen molar-refractivity contribution in [3.8, 4) is 17.1 Å². The maximum atomic E-state index is 12.0. The first-order valence-electron chi connectivity index (χ1n) is 9.46. The minimum atomic E-state index is -0.254. The van der Waals surface area contributed by atoms with Crippen molar-refractivity contribution >= 4 is 28.8 Å². The zero-order valence-corrected chi connectivity index (χ0v) is 17.3. The van der Waals surface area contributed by atoms with Gasteiger partial charge in [0.1, 0.15) is 17.4 Å². The molecule has 1 amide bonds. The molecule has 0 bridgehead atoms. The standard InChI is InChI=1S/C21H22N4O4S/c1-29-16-8-4-14(5-9-16)21-23-19(24-25-21)13-22-20(28)11-7-15(26)6-10-17(27)18-3-2-12-30-18/h2-5,8-9,12H,6-7,10-11,13H2,1H3,(H,22,28)(H,23,24,25). The Balaban J connectivity index is 1.37. The van der Waals surface area contributed by atoms with Crippen LogP contribution < -0.4 is 10.1 Å². The third-order valence-electron chi connectivity index (χ3n) is 4.39. The van der Waals surface area contributed by atoms with E-state index in [-0.39, 0.29) is 49.7 Å². The number of carbonyl (C=O) groups is 3. The number of benzene rings is 1. The summed E-state index contributed by atoms with van der Waals surface area (Å²) in [6, 6.07) is 10.9. The molecule has 0 aliphatic rings. The highest BCUT2D eigenvalue weighted by atomic mass is 32.1. The normalized spacial score (nSPS) is 10.6. The molecule has 2 heterocycles. The molecule has 0 atom stereocenters. The van der Waals surface area contributed by atoms with Crippen LogP contribution in [0.1, 0.15) is 41.2 Å². The molecule has 8 nitrogen and oxygen atoms in total. The van der Waals surface area contributed by atoms with Gasteiger partial charge < -0.3 is 10.1 Å². The summed E-state index contributed by atoms with van der Waals surface area (Å²) in [5, 5.41) is 11.5. The molecule has 0 spiro atoms. The van der Waals surface area contributed by atoms with Crippen LogP contribution in [-0.4, -0.2) is 39.8 Å². The molecule has 2 N–H and O–H groups in total. The molecule has 1 aromatic carbocycles. The molecular formula is C21H22N4O4S. The summed E-state index contributed by atoms with van der Waals surface area (Å²) in [5.74, 6) is 1.38. The molecule has 2 aromatic heterocycles. The van der Waals surface area contributed by atoms with E-state index in [1.54, 1.807) is 19.2 Å². The number of hydrogen-bond donors (Lipinski definition) is 2. The average Bonchev–Trinajstić information content (AvgIpc) is 3.47. The topological polar surface area (TPSA) is 114 Å². The number of aromatic nitrogens is 3. The first kappa shape index (κ1) is 21.4. The number of amides is 1. The molecule has 0 saturated heterocycles. The largest absolute Gasteiger partial charge is 0.497 e. The first-order chi connectivity index (χ1) is 14.5. The predicted octanol–water partition coefficient (Wildman–Crippen LogP) is 3.17. The van der Waals surface area contributed by atoms with Gasteiger partial charge in [-0.05, 0) is 35.7 Å². The number of nitrogens with one attached hydrogen (secondary N) is 2. The highest BCUT2D eigenvalue weighted by molar-refractivity contribution is 7.12. The number of rotatable bonds is 11. The summed E-state index contributed by atoms with van der Waals surface area (Å²) in [5.41, 5.74) is 0.826. The number of ketones is 2. The number of H-pyrrole nitrogens is 1. The van der Waals surface area contributed by atoms with E-state index >= 15 is 0 Å². The van der Waals surface area contributed by atoms with Crippen LogP contribution in [0, 0.1) is 0 Å². The predicted molar refractivity (Wildman–Crippen MR) is 112 cm³/mol. The van der Waals surface area contributed by atoms with E-state index in [0.29, 0.717) is 16.5 Å². The minimum Gasteiger partial charge on any atom is -0.497 e. The van der Waals surface area contributed by atoms with E-state index in [2.05, 4.69) is 20.5 Å². The maximum absolute atomic E-state index is 12.0. The zero-order valence-electron chi connectivity index (χ0n) is 16.5. The Kier molecular flexibility index (Phi) is 7.45. The molecular weight excluding hydrogens is 404 g/mol. The number of nitrogens with zero attached hydrogens (tertiary/aromatic N) is 2. The molecule has 3 rings (SSSR count). The Morgan fingerprint density at radius 1 is 1.07 bits per heavy atom. The molecule has 0 unspecified atom stereocenters. The highest BCUT2D eigenvalue weighted by Crippen LogP contribution is 2.19. The fourth-order valence-electron chi connectivity index (χ4n) is 2.71. The van der Waals surface area contributed by atoms with Gasteiger partial charge in [-0.25, -0.2) is 4.98 Å². The quantitative estimate of drug-likeness (QED) is 0.455. The molecule has 30 heavy (non-hydrogen) atoms. The lowest BCUT2D eigenvalue weighted by atomic mass is 10.1. The van der Waals surface area contributed by atoms with Crippen LogP contribution in [-0.2, 0) is 16.1 Å². The van der Waals surface area contributed by atoms with Gasteiger partial charge in [-0.1, -0.05) is 6.07 Å². The monoisotopic (exact) mass is 426 g/mol. The van der Waals surface area contributed by atoms with Crippen LogP contribution in [0.3, 0.4) is 0 Å². The molecule has 156 valence electrons. The molecule has 3 aromatic rings. The van der Waals surface area contributed by atoms with Crippen molar-refractivity contribution in [2.24, 2.45) is 0 Å². The molecule has 0 aliphatic heterocycles. The van der Waals surface area contributed by atoms with Gasteiger partial charge in [-0.15, -0.1) is 11.3 Å². The summed E-state index contributed by atoms with van der Waals surface area (Å²) < 4.78 is 5.12. The lowest BCUT2D eigenvalue weighted by Gasteiger charge is -2.03. The second-order valence-electron chi connectivity index (χ2n) is 6.55. The van der Waals surface area contributed by atoms with Crippen molar-refractivity contribution in [3.05, 3.63) is 52.5 Å². The van der Waals surface area contributed by atoms with Gasteiger partial charge in [0.05, 0.1) is 18.5 Å². The van der Waals surface area contributed by atoms with Gasteiger partial charge in [0.15, 0.2) is 11.6 Å². The van der Waals surface area contributed by atoms with Crippen molar-refractivity contribution in [1.82, 2.24) is 20.5 Å². The van der Waals surface area contributed by atoms with Gasteiger partial charge in [0.25, 0.3) is 0 Å². The molecule has 9 heteroatoms. The molecule has 0 fully saturated rings. The number of ether oxygens (including phenoxy) is 1. The van der Waals surface area contributed by atoms with Crippen molar-refractivity contribution in [2.45, 2.75) is 32.2 Å². The van der Waals surface area contributed by atoms with E-state index < -0.39 is 0 Å². The van der Waals surface area contributed by atoms with Crippen molar-refractivity contribution in [1.29, 1.82) is 0 Å². The van der Waals surface area contributed by atoms with E-state index in [9.17, 15) is 14.4 Å². The Labute approximate surface area is 177 Å². The van der Waals surface area contributed by atoms with Crippen LogP contribution >= 0.6 is 11.3 Å². The lowest BCUT2D eigenvalue weighted by Crippen LogP contribution is -2.24. The van der Waals surface area contributed by atoms with Crippen LogP contribution in [0.15, 0.2) is 41.8 Å². The van der Waals surface area contributed by atoms with E-state index in [1.807, 2.05) is 29.6 Å².